The molecule has 0 aliphatic carbocycles. The third-order valence-corrected chi connectivity index (χ3v) is 6.08. The summed E-state index contributed by atoms with van der Waals surface area (Å²) in [5.74, 6) is -0.109. The van der Waals surface area contributed by atoms with Crippen LogP contribution in [0.2, 0.25) is 0 Å². The van der Waals surface area contributed by atoms with Crippen LogP contribution < -0.4 is 14.8 Å². The number of ether oxygens (including phenoxy) is 2. The number of hydrogen-bond donors (Lipinski definition) is 2. The Balaban J connectivity index is 1.50. The van der Waals surface area contributed by atoms with Gasteiger partial charge in [-0.2, -0.15) is 8.78 Å². The molecule has 4 rings (SSSR count). The number of anilines is 1. The lowest BCUT2D eigenvalue weighted by Crippen LogP contribution is -2.10. The van der Waals surface area contributed by atoms with Gasteiger partial charge in [-0.05, 0) is 41.8 Å². The summed E-state index contributed by atoms with van der Waals surface area (Å²) in [6.45, 7) is -0.383. The number of carboxylic acids is 1. The summed E-state index contributed by atoms with van der Waals surface area (Å²) in [6, 6.07) is 14.3. The van der Waals surface area contributed by atoms with Gasteiger partial charge in [0.25, 0.3) is 0 Å². The molecule has 0 aliphatic rings. The van der Waals surface area contributed by atoms with Gasteiger partial charge in [0.15, 0.2) is 4.88 Å². The van der Waals surface area contributed by atoms with Crippen LogP contribution in [-0.4, -0.2) is 40.8 Å². The van der Waals surface area contributed by atoms with Crippen LogP contribution in [0.15, 0.2) is 54.9 Å². The van der Waals surface area contributed by atoms with Crippen LogP contribution in [0, 0.1) is 0 Å². The highest BCUT2D eigenvalue weighted by atomic mass is 32.1. The summed E-state index contributed by atoms with van der Waals surface area (Å²) in [5, 5.41) is 14.3. The molecule has 2 aromatic carbocycles. The molecule has 0 atom stereocenters. The van der Waals surface area contributed by atoms with Gasteiger partial charge >= 0.3 is 12.6 Å². The SMILES string of the molecule is CCOc1cc(-c2cc(NCCc3cc4ccccc4cc3OC(F)F)ncn2)sc1C(=O)O. The lowest BCUT2D eigenvalue weighted by molar-refractivity contribution is -0.0503. The number of benzene rings is 2. The molecule has 0 saturated carbocycles. The second kappa shape index (κ2) is 10.4. The normalized spacial score (nSPS) is 11.1. The highest BCUT2D eigenvalue weighted by Crippen LogP contribution is 2.36. The molecule has 7 nitrogen and oxygen atoms in total. The van der Waals surface area contributed by atoms with Crippen molar-refractivity contribution in [1.29, 1.82) is 0 Å². The minimum atomic E-state index is -2.92. The van der Waals surface area contributed by atoms with E-state index < -0.39 is 12.6 Å². The molecule has 0 amide bonds. The van der Waals surface area contributed by atoms with Crippen molar-refractivity contribution in [2.24, 2.45) is 0 Å². The van der Waals surface area contributed by atoms with E-state index in [0.29, 0.717) is 47.3 Å². The van der Waals surface area contributed by atoms with Gasteiger partial charge in [0.2, 0.25) is 0 Å². The number of aromatic nitrogens is 2. The number of hydrogen-bond acceptors (Lipinski definition) is 7. The number of thiophene rings is 1. The molecule has 176 valence electrons. The van der Waals surface area contributed by atoms with E-state index in [-0.39, 0.29) is 10.6 Å². The molecule has 0 radical (unpaired) electrons. The summed E-state index contributed by atoms with van der Waals surface area (Å²) >= 11 is 1.07. The number of aromatic carboxylic acids is 1. The first kappa shape index (κ1) is 23.4. The minimum absolute atomic E-state index is 0.104. The van der Waals surface area contributed by atoms with Gasteiger partial charge in [0.1, 0.15) is 23.6 Å². The van der Waals surface area contributed by atoms with Gasteiger partial charge in [0.05, 0.1) is 17.2 Å². The minimum Gasteiger partial charge on any atom is -0.492 e. The van der Waals surface area contributed by atoms with E-state index in [1.807, 2.05) is 30.3 Å². The Morgan fingerprint density at radius 2 is 1.88 bits per heavy atom. The largest absolute Gasteiger partial charge is 0.492 e. The van der Waals surface area contributed by atoms with Crippen molar-refractivity contribution in [1.82, 2.24) is 9.97 Å². The lowest BCUT2D eigenvalue weighted by Gasteiger charge is -2.13. The van der Waals surface area contributed by atoms with Crippen molar-refractivity contribution in [3.8, 4) is 22.1 Å². The van der Waals surface area contributed by atoms with E-state index in [1.165, 1.54) is 6.33 Å². The molecule has 0 fully saturated rings. The van der Waals surface area contributed by atoms with Gasteiger partial charge in [0, 0.05) is 18.7 Å². The Bertz CT molecular complexity index is 1310. The van der Waals surface area contributed by atoms with E-state index >= 15 is 0 Å². The maximum absolute atomic E-state index is 12.9. The highest BCUT2D eigenvalue weighted by Gasteiger charge is 2.18. The van der Waals surface area contributed by atoms with Crippen molar-refractivity contribution in [2.45, 2.75) is 20.0 Å². The molecule has 4 aromatic rings. The van der Waals surface area contributed by atoms with Crippen LogP contribution in [0.3, 0.4) is 0 Å². The third-order valence-electron chi connectivity index (χ3n) is 4.96. The number of alkyl halides is 2. The van der Waals surface area contributed by atoms with Gasteiger partial charge in [-0.3, -0.25) is 0 Å². The molecule has 2 N–H and O–H groups in total. The van der Waals surface area contributed by atoms with Crippen LogP contribution in [0.5, 0.6) is 11.5 Å². The van der Waals surface area contributed by atoms with Gasteiger partial charge in [-0.25, -0.2) is 14.8 Å². The summed E-state index contributed by atoms with van der Waals surface area (Å²) in [6.07, 6.45) is 1.79. The number of nitrogens with zero attached hydrogens (tertiary/aromatic N) is 2. The maximum atomic E-state index is 12.9. The molecule has 34 heavy (non-hydrogen) atoms. The standard InChI is InChI=1S/C24H21F2N3O4S/c1-2-32-19-12-20(34-22(19)23(30)31)17-11-21(29-13-28-17)27-8-7-16-9-14-5-3-4-6-15(14)10-18(16)33-24(25)26/h3-6,9-13,24H,2,7-8H2,1H3,(H,30,31)(H,27,28,29). The fraction of sp³-hybridized carbons (Fsp3) is 0.208. The monoisotopic (exact) mass is 485 g/mol. The fourth-order valence-electron chi connectivity index (χ4n) is 3.49. The number of fused-ring (bicyclic) bond motifs is 1. The Morgan fingerprint density at radius 1 is 1.12 bits per heavy atom. The predicted octanol–water partition coefficient (Wildman–Crippen LogP) is 5.71. The fourth-order valence-corrected chi connectivity index (χ4v) is 4.40. The van der Waals surface area contributed by atoms with Gasteiger partial charge in [-0.15, -0.1) is 11.3 Å². The molecule has 2 heterocycles. The Kier molecular flexibility index (Phi) is 7.17. The number of rotatable bonds is 10. The second-order valence-corrected chi connectivity index (χ2v) is 8.25. The number of carboxylic acid groups (broad SMARTS) is 1. The zero-order valence-corrected chi connectivity index (χ0v) is 18.9. The van der Waals surface area contributed by atoms with Crippen molar-refractivity contribution < 1.29 is 28.2 Å². The Hall–Kier alpha value is -3.79. The molecule has 0 bridgehead atoms. The van der Waals surface area contributed by atoms with E-state index in [9.17, 15) is 18.7 Å². The van der Waals surface area contributed by atoms with Crippen LogP contribution in [0.25, 0.3) is 21.3 Å². The van der Waals surface area contributed by atoms with Crippen LogP contribution in [0.4, 0.5) is 14.6 Å². The number of carbonyl (C=O) groups is 1. The van der Waals surface area contributed by atoms with Gasteiger partial charge < -0.3 is 19.9 Å². The first-order chi connectivity index (χ1) is 16.4. The third kappa shape index (κ3) is 5.40. The zero-order valence-electron chi connectivity index (χ0n) is 18.1. The lowest BCUT2D eigenvalue weighted by atomic mass is 10.0. The molecular weight excluding hydrogens is 464 g/mol. The van der Waals surface area contributed by atoms with Crippen LogP contribution >= 0.6 is 11.3 Å². The maximum Gasteiger partial charge on any atom is 0.387 e. The second-order valence-electron chi connectivity index (χ2n) is 7.19. The van der Waals surface area contributed by atoms with E-state index in [2.05, 4.69) is 15.3 Å². The number of halogens is 2. The smallest absolute Gasteiger partial charge is 0.387 e. The first-order valence-electron chi connectivity index (χ1n) is 10.5. The molecular formula is C24H21F2N3O4S. The summed E-state index contributed by atoms with van der Waals surface area (Å²) in [4.78, 5) is 20.7. The number of nitrogens with one attached hydrogen (secondary N) is 1. The summed E-state index contributed by atoms with van der Waals surface area (Å²) in [7, 11) is 0. The van der Waals surface area contributed by atoms with Crippen molar-refractivity contribution in [3.63, 3.8) is 0 Å². The Morgan fingerprint density at radius 3 is 2.59 bits per heavy atom. The van der Waals surface area contributed by atoms with Crippen molar-refractivity contribution in [3.05, 3.63) is 65.3 Å². The van der Waals surface area contributed by atoms with Crippen LogP contribution in [0.1, 0.15) is 22.2 Å². The average Bonchev–Trinajstić information content (AvgIpc) is 3.24. The van der Waals surface area contributed by atoms with E-state index in [1.54, 1.807) is 25.1 Å². The molecule has 0 saturated heterocycles. The highest BCUT2D eigenvalue weighted by molar-refractivity contribution is 7.17. The Labute approximate surface area is 198 Å². The first-order valence-corrected chi connectivity index (χ1v) is 11.3. The zero-order chi connectivity index (χ0) is 24.1. The molecule has 10 heteroatoms. The topological polar surface area (TPSA) is 93.6 Å². The molecule has 0 spiro atoms. The molecule has 0 aliphatic heterocycles. The van der Waals surface area contributed by atoms with E-state index in [0.717, 1.165) is 22.1 Å². The quantitative estimate of drug-likeness (QED) is 0.297. The van der Waals surface area contributed by atoms with E-state index in [4.69, 9.17) is 9.47 Å². The summed E-state index contributed by atoms with van der Waals surface area (Å²) in [5.41, 5.74) is 1.19. The average molecular weight is 486 g/mol. The summed E-state index contributed by atoms with van der Waals surface area (Å²) < 4.78 is 36.0. The van der Waals surface area contributed by atoms with Gasteiger partial charge in [-0.1, -0.05) is 24.3 Å². The molecule has 0 unspecified atom stereocenters. The van der Waals surface area contributed by atoms with Crippen molar-refractivity contribution >= 4 is 33.9 Å². The molecule has 2 aromatic heterocycles. The predicted molar refractivity (Wildman–Crippen MR) is 126 cm³/mol. The van der Waals surface area contributed by atoms with Crippen LogP contribution in [-0.2, 0) is 6.42 Å². The van der Waals surface area contributed by atoms with Crippen molar-refractivity contribution in [2.75, 3.05) is 18.5 Å².